The number of hydrogen-bond donors (Lipinski definition) is 0. The zero-order valence-electron chi connectivity index (χ0n) is 12.5. The van der Waals surface area contributed by atoms with E-state index >= 15 is 0 Å². The van der Waals surface area contributed by atoms with Gasteiger partial charge in [0.1, 0.15) is 0 Å². The van der Waals surface area contributed by atoms with E-state index in [-0.39, 0.29) is 5.78 Å². The van der Waals surface area contributed by atoms with Crippen molar-refractivity contribution in [3.8, 4) is 0 Å². The fraction of sp³-hybridized carbons (Fsp3) is 0.562. The molecule has 0 heterocycles. The predicted octanol–water partition coefficient (Wildman–Crippen LogP) is 2.78. The molecule has 3 nitrogen and oxygen atoms in total. The van der Waals surface area contributed by atoms with Crippen LogP contribution in [0.25, 0.3) is 0 Å². The third-order valence-electron chi connectivity index (χ3n) is 3.05. The number of benzene rings is 1. The lowest BCUT2D eigenvalue weighted by atomic mass is 10.0. The number of carbonyl (C=O) groups excluding carboxylic acids is 1. The topological polar surface area (TPSA) is 29.5 Å². The summed E-state index contributed by atoms with van der Waals surface area (Å²) in [7, 11) is 1.69. The highest BCUT2D eigenvalue weighted by atomic mass is 16.5. The van der Waals surface area contributed by atoms with Crippen molar-refractivity contribution >= 4 is 5.78 Å². The summed E-state index contributed by atoms with van der Waals surface area (Å²) in [4.78, 5) is 14.5. The third kappa shape index (κ3) is 5.53. The Labute approximate surface area is 116 Å². The zero-order valence-corrected chi connectivity index (χ0v) is 12.5. The summed E-state index contributed by atoms with van der Waals surface area (Å²) < 4.78 is 5.11. The monoisotopic (exact) mass is 263 g/mol. The first-order valence-electron chi connectivity index (χ1n) is 6.84. The Morgan fingerprint density at radius 2 is 2.00 bits per heavy atom. The molecule has 0 amide bonds. The molecule has 0 aliphatic heterocycles. The maximum atomic E-state index is 12.3. The molecule has 0 spiro atoms. The summed E-state index contributed by atoms with van der Waals surface area (Å²) in [6.45, 7) is 9.15. The van der Waals surface area contributed by atoms with Gasteiger partial charge < -0.3 is 4.74 Å². The molecular formula is C16H25NO2. The van der Waals surface area contributed by atoms with Crippen molar-refractivity contribution in [1.29, 1.82) is 0 Å². The first-order valence-corrected chi connectivity index (χ1v) is 6.84. The van der Waals surface area contributed by atoms with Crippen LogP contribution in [0.2, 0.25) is 0 Å². The molecule has 0 N–H and O–H groups in total. The molecule has 0 aromatic heterocycles. The minimum absolute atomic E-state index is 0.190. The van der Waals surface area contributed by atoms with Crippen LogP contribution in [0.4, 0.5) is 0 Å². The Hall–Kier alpha value is -1.19. The van der Waals surface area contributed by atoms with Crippen molar-refractivity contribution in [2.45, 2.75) is 20.8 Å². The molecule has 0 bridgehead atoms. The van der Waals surface area contributed by atoms with Crippen LogP contribution in [0.3, 0.4) is 0 Å². The van der Waals surface area contributed by atoms with E-state index in [1.54, 1.807) is 7.11 Å². The Bertz CT molecular complexity index is 401. The van der Waals surface area contributed by atoms with Gasteiger partial charge in [-0.15, -0.1) is 0 Å². The van der Waals surface area contributed by atoms with Gasteiger partial charge in [-0.2, -0.15) is 0 Å². The molecule has 1 rings (SSSR count). The number of hydrogen-bond acceptors (Lipinski definition) is 3. The fourth-order valence-electron chi connectivity index (χ4n) is 2.15. The first-order chi connectivity index (χ1) is 9.04. The molecule has 0 unspecified atom stereocenters. The fourth-order valence-corrected chi connectivity index (χ4v) is 2.15. The molecule has 3 heteroatoms. The highest BCUT2D eigenvalue weighted by Crippen LogP contribution is 2.09. The molecule has 1 aromatic carbocycles. The number of rotatable bonds is 8. The maximum Gasteiger partial charge on any atom is 0.177 e. The molecule has 19 heavy (non-hydrogen) atoms. The molecule has 1 aromatic rings. The standard InChI is InChI=1S/C16H25NO2/c1-13(2)11-17(9-10-19-4)12-16(18)15-8-6-5-7-14(15)3/h5-8,13H,9-12H2,1-4H3. The second kappa shape index (κ2) is 8.08. The van der Waals surface area contributed by atoms with E-state index in [0.717, 1.165) is 24.2 Å². The van der Waals surface area contributed by atoms with Gasteiger partial charge >= 0.3 is 0 Å². The summed E-state index contributed by atoms with van der Waals surface area (Å²) >= 11 is 0. The number of Topliss-reactive ketones (excluding diaryl/α,β-unsaturated/α-hetero) is 1. The Balaban J connectivity index is 2.67. The van der Waals surface area contributed by atoms with Gasteiger partial charge in [0.05, 0.1) is 13.2 Å². The SMILES string of the molecule is COCCN(CC(=O)c1ccccc1C)CC(C)C. The van der Waals surface area contributed by atoms with E-state index in [0.29, 0.717) is 19.1 Å². The van der Waals surface area contributed by atoms with Gasteiger partial charge in [-0.1, -0.05) is 38.1 Å². The van der Waals surface area contributed by atoms with Gasteiger partial charge in [0, 0.05) is 25.8 Å². The molecule has 0 aliphatic carbocycles. The lowest BCUT2D eigenvalue weighted by Gasteiger charge is -2.23. The van der Waals surface area contributed by atoms with Gasteiger partial charge in [0.15, 0.2) is 5.78 Å². The van der Waals surface area contributed by atoms with Crippen molar-refractivity contribution in [3.05, 3.63) is 35.4 Å². The average molecular weight is 263 g/mol. The normalized spacial score (nSPS) is 11.3. The summed E-state index contributed by atoms with van der Waals surface area (Å²) in [5, 5.41) is 0. The van der Waals surface area contributed by atoms with Crippen LogP contribution in [0.1, 0.15) is 29.8 Å². The minimum atomic E-state index is 0.190. The summed E-state index contributed by atoms with van der Waals surface area (Å²) in [5.41, 5.74) is 1.87. The van der Waals surface area contributed by atoms with E-state index in [4.69, 9.17) is 4.74 Å². The average Bonchev–Trinajstić information content (AvgIpc) is 2.35. The largest absolute Gasteiger partial charge is 0.383 e. The molecular weight excluding hydrogens is 238 g/mol. The van der Waals surface area contributed by atoms with E-state index in [2.05, 4.69) is 18.7 Å². The van der Waals surface area contributed by atoms with Crippen LogP contribution in [-0.2, 0) is 4.74 Å². The zero-order chi connectivity index (χ0) is 14.3. The van der Waals surface area contributed by atoms with Crippen LogP contribution in [0.15, 0.2) is 24.3 Å². The molecule has 0 saturated carbocycles. The van der Waals surface area contributed by atoms with Crippen LogP contribution in [-0.4, -0.2) is 44.0 Å². The second-order valence-electron chi connectivity index (χ2n) is 5.36. The van der Waals surface area contributed by atoms with Crippen molar-refractivity contribution in [1.82, 2.24) is 4.90 Å². The molecule has 0 atom stereocenters. The lowest BCUT2D eigenvalue weighted by molar-refractivity contribution is 0.0880. The third-order valence-corrected chi connectivity index (χ3v) is 3.05. The van der Waals surface area contributed by atoms with Gasteiger partial charge in [0.2, 0.25) is 0 Å². The number of ether oxygens (including phenoxy) is 1. The predicted molar refractivity (Wildman–Crippen MR) is 78.7 cm³/mol. The molecule has 0 aliphatic rings. The van der Waals surface area contributed by atoms with Crippen LogP contribution < -0.4 is 0 Å². The number of nitrogens with zero attached hydrogens (tertiary/aromatic N) is 1. The van der Waals surface area contributed by atoms with Crippen molar-refractivity contribution in [2.24, 2.45) is 5.92 Å². The van der Waals surface area contributed by atoms with Crippen LogP contribution >= 0.6 is 0 Å². The summed E-state index contributed by atoms with van der Waals surface area (Å²) in [6, 6.07) is 7.77. The lowest BCUT2D eigenvalue weighted by Crippen LogP contribution is -2.35. The van der Waals surface area contributed by atoms with Crippen molar-refractivity contribution in [2.75, 3.05) is 33.4 Å². The van der Waals surface area contributed by atoms with Crippen molar-refractivity contribution in [3.63, 3.8) is 0 Å². The van der Waals surface area contributed by atoms with Crippen molar-refractivity contribution < 1.29 is 9.53 Å². The highest BCUT2D eigenvalue weighted by molar-refractivity contribution is 5.98. The number of aryl methyl sites for hydroxylation is 1. The summed E-state index contributed by atoms with van der Waals surface area (Å²) in [6.07, 6.45) is 0. The Morgan fingerprint density at radius 3 is 2.58 bits per heavy atom. The quantitative estimate of drug-likeness (QED) is 0.675. The number of carbonyl (C=O) groups is 1. The molecule has 0 radical (unpaired) electrons. The summed E-state index contributed by atoms with van der Waals surface area (Å²) in [5.74, 6) is 0.733. The van der Waals surface area contributed by atoms with Gasteiger partial charge in [0.25, 0.3) is 0 Å². The maximum absolute atomic E-state index is 12.3. The molecule has 106 valence electrons. The van der Waals surface area contributed by atoms with Crippen LogP contribution in [0.5, 0.6) is 0 Å². The Morgan fingerprint density at radius 1 is 1.32 bits per heavy atom. The van der Waals surface area contributed by atoms with Crippen LogP contribution in [0, 0.1) is 12.8 Å². The van der Waals surface area contributed by atoms with E-state index in [1.165, 1.54) is 0 Å². The van der Waals surface area contributed by atoms with Gasteiger partial charge in [-0.05, 0) is 18.4 Å². The second-order valence-corrected chi connectivity index (χ2v) is 5.36. The number of ketones is 1. The highest BCUT2D eigenvalue weighted by Gasteiger charge is 2.14. The van der Waals surface area contributed by atoms with E-state index < -0.39 is 0 Å². The molecule has 0 saturated heterocycles. The number of methoxy groups -OCH3 is 1. The Kier molecular flexibility index (Phi) is 6.74. The molecule has 0 fully saturated rings. The van der Waals surface area contributed by atoms with E-state index in [1.807, 2.05) is 31.2 Å². The van der Waals surface area contributed by atoms with Gasteiger partial charge in [-0.3, -0.25) is 9.69 Å². The first kappa shape index (κ1) is 15.9. The van der Waals surface area contributed by atoms with E-state index in [9.17, 15) is 4.79 Å². The smallest absolute Gasteiger partial charge is 0.177 e. The van der Waals surface area contributed by atoms with Gasteiger partial charge in [-0.25, -0.2) is 0 Å². The minimum Gasteiger partial charge on any atom is -0.383 e.